The lowest BCUT2D eigenvalue weighted by molar-refractivity contribution is -0.893. The normalized spacial score (nSPS) is 10.6. The van der Waals surface area contributed by atoms with E-state index >= 15 is 0 Å². The second-order valence-corrected chi connectivity index (χ2v) is 3.98. The van der Waals surface area contributed by atoms with Crippen LogP contribution in [0, 0.1) is 0 Å². The number of hydrogen-bond acceptors (Lipinski definition) is 3. The molecule has 0 spiro atoms. The summed E-state index contributed by atoms with van der Waals surface area (Å²) >= 11 is 0. The van der Waals surface area contributed by atoms with E-state index in [4.69, 9.17) is 11.6 Å². The number of nitrogens with zero attached hydrogens (tertiary/aromatic N) is 1. The van der Waals surface area contributed by atoms with E-state index in [0.29, 0.717) is 11.3 Å². The van der Waals surface area contributed by atoms with Crippen LogP contribution in [0.15, 0.2) is 24.3 Å². The van der Waals surface area contributed by atoms with Crippen molar-refractivity contribution in [1.29, 1.82) is 0 Å². The van der Waals surface area contributed by atoms with Gasteiger partial charge in [-0.25, -0.2) is 4.59 Å². The Morgan fingerprint density at radius 1 is 1.27 bits per heavy atom. The quantitative estimate of drug-likeness (QED) is 0.197. The lowest BCUT2D eigenvalue weighted by Crippen LogP contribution is -3.00. The summed E-state index contributed by atoms with van der Waals surface area (Å²) in [6.45, 7) is 0.282. The van der Waals surface area contributed by atoms with Crippen molar-refractivity contribution < 1.29 is 21.8 Å². The predicted molar refractivity (Wildman–Crippen MR) is 56.3 cm³/mol. The van der Waals surface area contributed by atoms with Crippen molar-refractivity contribution >= 4 is 11.5 Å². The summed E-state index contributed by atoms with van der Waals surface area (Å²) in [6.07, 6.45) is 0. The van der Waals surface area contributed by atoms with E-state index in [1.165, 1.54) is 0 Å². The second kappa shape index (κ2) is 5.11. The fourth-order valence-corrected chi connectivity index (χ4v) is 1.13. The summed E-state index contributed by atoms with van der Waals surface area (Å²) in [7, 11) is 3.55. The van der Waals surface area contributed by atoms with Crippen LogP contribution >= 0.6 is 0 Å². The van der Waals surface area contributed by atoms with Crippen LogP contribution in [0.25, 0.3) is 0 Å². The Hall–Kier alpha value is -1.10. The number of Topliss-reactive ketones (excluding diaryl/α,β-unsaturated/α-hetero) is 1. The van der Waals surface area contributed by atoms with E-state index in [9.17, 15) is 4.79 Å². The minimum atomic E-state index is 0. The van der Waals surface area contributed by atoms with Crippen LogP contribution in [0.1, 0.15) is 10.4 Å². The minimum absolute atomic E-state index is 0. The molecule has 0 fully saturated rings. The van der Waals surface area contributed by atoms with Crippen molar-refractivity contribution in [3.05, 3.63) is 29.8 Å². The Kier molecular flexibility index (Phi) is 4.74. The molecule has 0 aliphatic heterocycles. The zero-order valence-corrected chi connectivity index (χ0v) is 9.66. The van der Waals surface area contributed by atoms with Crippen molar-refractivity contribution in [2.75, 3.05) is 26.4 Å². The van der Waals surface area contributed by atoms with Gasteiger partial charge < -0.3 is 18.1 Å². The highest BCUT2D eigenvalue weighted by Crippen LogP contribution is 2.07. The molecule has 4 N–H and O–H groups in total. The van der Waals surface area contributed by atoms with E-state index in [-0.39, 0.29) is 29.3 Å². The first-order valence-electron chi connectivity index (χ1n) is 4.39. The topological polar surface area (TPSA) is 69.1 Å². The van der Waals surface area contributed by atoms with Crippen LogP contribution in [0.3, 0.4) is 0 Å². The fraction of sp³-hybridized carbons (Fsp3) is 0.300. The number of nitrogens with two attached hydrogens (primary N) is 2. The number of hydrogen-bond donors (Lipinski definition) is 2. The van der Waals surface area contributed by atoms with Gasteiger partial charge in [-0.05, 0) is 24.3 Å². The van der Waals surface area contributed by atoms with Crippen LogP contribution in [0.4, 0.5) is 5.69 Å². The van der Waals surface area contributed by atoms with E-state index in [0.717, 1.165) is 0 Å². The van der Waals surface area contributed by atoms with Gasteiger partial charge in [-0.3, -0.25) is 4.79 Å². The second-order valence-electron chi connectivity index (χ2n) is 3.98. The summed E-state index contributed by atoms with van der Waals surface area (Å²) in [6, 6.07) is 6.86. The maximum absolute atomic E-state index is 11.6. The Morgan fingerprint density at radius 3 is 2.13 bits per heavy atom. The van der Waals surface area contributed by atoms with Gasteiger partial charge in [0, 0.05) is 11.3 Å². The number of anilines is 1. The number of rotatable bonds is 3. The van der Waals surface area contributed by atoms with Crippen molar-refractivity contribution in [1.82, 2.24) is 0 Å². The Bertz CT molecular complexity index is 330. The van der Waals surface area contributed by atoms with E-state index in [1.807, 2.05) is 0 Å². The van der Waals surface area contributed by atoms with Crippen molar-refractivity contribution in [2.45, 2.75) is 0 Å². The van der Waals surface area contributed by atoms with Crippen LogP contribution in [0.5, 0.6) is 0 Å². The van der Waals surface area contributed by atoms with E-state index in [2.05, 4.69) is 0 Å². The number of carbonyl (C=O) groups is 1. The van der Waals surface area contributed by atoms with Gasteiger partial charge in [0.05, 0.1) is 14.1 Å². The number of nitrogen functional groups attached to an aromatic ring is 1. The van der Waals surface area contributed by atoms with Gasteiger partial charge in [0.25, 0.3) is 0 Å². The third-order valence-corrected chi connectivity index (χ3v) is 1.78. The maximum Gasteiger partial charge on any atom is 0.218 e. The number of likely N-dealkylation sites (N-methyl/N-ethyl adjacent to an activating group) is 1. The lowest BCUT2D eigenvalue weighted by atomic mass is 10.1. The SMILES string of the molecule is C[N+](C)(N)CC(=O)c1ccc(N)cc1.[Cl-]. The van der Waals surface area contributed by atoms with Gasteiger partial charge in [0.15, 0.2) is 6.54 Å². The fourth-order valence-electron chi connectivity index (χ4n) is 1.13. The Morgan fingerprint density at radius 2 is 1.73 bits per heavy atom. The molecule has 84 valence electrons. The molecule has 0 saturated heterocycles. The molecule has 0 unspecified atom stereocenters. The third-order valence-electron chi connectivity index (χ3n) is 1.78. The molecule has 4 nitrogen and oxygen atoms in total. The summed E-state index contributed by atoms with van der Waals surface area (Å²) in [5, 5.41) is 0. The molecule has 0 heterocycles. The van der Waals surface area contributed by atoms with Gasteiger partial charge in [-0.1, -0.05) is 0 Å². The summed E-state index contributed by atoms with van der Waals surface area (Å²) < 4.78 is 0.142. The maximum atomic E-state index is 11.6. The first kappa shape index (κ1) is 13.9. The van der Waals surface area contributed by atoms with Crippen molar-refractivity contribution in [3.8, 4) is 0 Å². The molecule has 15 heavy (non-hydrogen) atoms. The van der Waals surface area contributed by atoms with Gasteiger partial charge in [-0.15, -0.1) is 0 Å². The monoisotopic (exact) mass is 229 g/mol. The molecule has 5 heteroatoms. The van der Waals surface area contributed by atoms with Gasteiger partial charge in [-0.2, -0.15) is 5.84 Å². The molecule has 0 amide bonds. The van der Waals surface area contributed by atoms with Crippen molar-refractivity contribution in [3.63, 3.8) is 0 Å². The van der Waals surface area contributed by atoms with Gasteiger partial charge in [0.1, 0.15) is 0 Å². The predicted octanol–water partition coefficient (Wildman–Crippen LogP) is -2.59. The molecular formula is C10H16ClN3O. The largest absolute Gasteiger partial charge is 1.00 e. The molecule has 0 aromatic heterocycles. The Balaban J connectivity index is 0.00000196. The third kappa shape index (κ3) is 4.78. The Labute approximate surface area is 95.8 Å². The molecule has 1 aromatic carbocycles. The van der Waals surface area contributed by atoms with Crippen LogP contribution in [0.2, 0.25) is 0 Å². The summed E-state index contributed by atoms with van der Waals surface area (Å²) in [4.78, 5) is 11.6. The summed E-state index contributed by atoms with van der Waals surface area (Å²) in [5.74, 6) is 5.72. The highest BCUT2D eigenvalue weighted by atomic mass is 35.5. The number of carbonyl (C=O) groups excluding carboxylic acids is 1. The molecule has 0 aliphatic carbocycles. The molecular weight excluding hydrogens is 214 g/mol. The van der Waals surface area contributed by atoms with Crippen LogP contribution in [-0.4, -0.2) is 31.0 Å². The standard InChI is InChI=1S/C10H15N3O.ClH/c1-13(2,12)7-10(14)8-3-5-9(11)6-4-8;/h3-6H,7,12H2,1-2H3,(H-,11,14);1H. The average Bonchev–Trinajstić information content (AvgIpc) is 2.02. The van der Waals surface area contributed by atoms with E-state index in [1.54, 1.807) is 38.4 Å². The smallest absolute Gasteiger partial charge is 0.218 e. The molecule has 0 bridgehead atoms. The molecule has 1 rings (SSSR count). The van der Waals surface area contributed by atoms with Crippen molar-refractivity contribution in [2.24, 2.45) is 5.84 Å². The highest BCUT2D eigenvalue weighted by molar-refractivity contribution is 5.97. The van der Waals surface area contributed by atoms with Gasteiger partial charge in [0.2, 0.25) is 5.78 Å². The first-order valence-corrected chi connectivity index (χ1v) is 4.39. The summed E-state index contributed by atoms with van der Waals surface area (Å²) in [5.41, 5.74) is 6.82. The molecule has 0 aliphatic rings. The molecule has 1 aromatic rings. The highest BCUT2D eigenvalue weighted by Gasteiger charge is 2.16. The molecule has 0 saturated carbocycles. The number of benzene rings is 1. The molecule has 0 radical (unpaired) electrons. The minimum Gasteiger partial charge on any atom is -1.00 e. The van der Waals surface area contributed by atoms with Gasteiger partial charge >= 0.3 is 0 Å². The lowest BCUT2D eigenvalue weighted by Gasteiger charge is -2.21. The number of halogens is 1. The first-order chi connectivity index (χ1) is 6.38. The molecule has 0 atom stereocenters. The average molecular weight is 230 g/mol. The van der Waals surface area contributed by atoms with Crippen LogP contribution < -0.4 is 24.0 Å². The van der Waals surface area contributed by atoms with E-state index < -0.39 is 0 Å². The number of ketones is 1. The zero-order chi connectivity index (χ0) is 10.8. The van der Waals surface area contributed by atoms with Crippen LogP contribution in [-0.2, 0) is 0 Å². The number of quaternary nitrogens is 1. The zero-order valence-electron chi connectivity index (χ0n) is 8.90.